The summed E-state index contributed by atoms with van der Waals surface area (Å²) in [4.78, 5) is 4.02. The zero-order chi connectivity index (χ0) is 13.0. The average Bonchev–Trinajstić information content (AvgIpc) is 2.35. The zero-order valence-corrected chi connectivity index (χ0v) is 11.4. The van der Waals surface area contributed by atoms with Crippen LogP contribution in [0.5, 0.6) is 11.5 Å². The molecule has 0 saturated carbocycles. The van der Waals surface area contributed by atoms with Gasteiger partial charge in [-0.3, -0.25) is 4.98 Å². The molecule has 0 aliphatic rings. The summed E-state index contributed by atoms with van der Waals surface area (Å²) in [6, 6.07) is 6.41. The molecule has 0 spiro atoms. The van der Waals surface area contributed by atoms with E-state index in [0.717, 1.165) is 5.56 Å². The third-order valence-corrected chi connectivity index (χ3v) is 2.83. The van der Waals surface area contributed by atoms with Gasteiger partial charge in [0, 0.05) is 29.0 Å². The van der Waals surface area contributed by atoms with Crippen molar-refractivity contribution in [3.05, 3.63) is 52.5 Å². The van der Waals surface area contributed by atoms with Crippen LogP contribution >= 0.6 is 15.9 Å². The minimum atomic E-state index is -0.406. The molecule has 0 fully saturated rings. The molecule has 1 aromatic carbocycles. The van der Waals surface area contributed by atoms with Crippen molar-refractivity contribution in [1.82, 2.24) is 10.3 Å². The van der Waals surface area contributed by atoms with Gasteiger partial charge in [-0.25, -0.2) is 4.39 Å². The van der Waals surface area contributed by atoms with Crippen LogP contribution in [0.25, 0.3) is 0 Å². The number of halogens is 2. The molecule has 2 aromatic rings. The highest BCUT2D eigenvalue weighted by atomic mass is 79.9. The lowest BCUT2D eigenvalue weighted by molar-refractivity contribution is 0.435. The summed E-state index contributed by atoms with van der Waals surface area (Å²) in [5.74, 6) is 0.388. The second-order valence-corrected chi connectivity index (χ2v) is 4.61. The highest BCUT2D eigenvalue weighted by Gasteiger charge is 2.08. The van der Waals surface area contributed by atoms with Gasteiger partial charge in [0.25, 0.3) is 0 Å². The molecule has 1 N–H and O–H groups in total. The third kappa shape index (κ3) is 3.05. The van der Waals surface area contributed by atoms with Gasteiger partial charge in [-0.05, 0) is 31.3 Å². The first-order valence-corrected chi connectivity index (χ1v) is 6.20. The van der Waals surface area contributed by atoms with Crippen molar-refractivity contribution in [1.29, 1.82) is 0 Å². The minimum Gasteiger partial charge on any atom is -0.454 e. The van der Waals surface area contributed by atoms with Gasteiger partial charge in [0.05, 0.1) is 0 Å². The molecule has 0 radical (unpaired) electrons. The lowest BCUT2D eigenvalue weighted by atomic mass is 10.2. The molecular weight excluding hydrogens is 299 g/mol. The highest BCUT2D eigenvalue weighted by molar-refractivity contribution is 9.10. The molecule has 5 heteroatoms. The van der Waals surface area contributed by atoms with Gasteiger partial charge >= 0.3 is 0 Å². The van der Waals surface area contributed by atoms with Crippen LogP contribution in [0.2, 0.25) is 0 Å². The molecule has 1 heterocycles. The standard InChI is InChI=1S/C13H12BrFN2O/c1-16-7-9-8-17-5-4-12(9)18-13-3-2-10(14)6-11(13)15/h2-6,8,16H,7H2,1H3. The molecule has 0 aliphatic heterocycles. The monoisotopic (exact) mass is 310 g/mol. The second-order valence-electron chi connectivity index (χ2n) is 3.69. The zero-order valence-electron chi connectivity index (χ0n) is 9.78. The number of nitrogens with one attached hydrogen (secondary N) is 1. The number of nitrogens with zero attached hydrogens (tertiary/aromatic N) is 1. The number of hydrogen-bond donors (Lipinski definition) is 1. The number of pyridine rings is 1. The quantitative estimate of drug-likeness (QED) is 0.938. The van der Waals surface area contributed by atoms with Gasteiger partial charge in [0.2, 0.25) is 0 Å². The first kappa shape index (κ1) is 13.0. The van der Waals surface area contributed by atoms with E-state index >= 15 is 0 Å². The van der Waals surface area contributed by atoms with E-state index in [4.69, 9.17) is 4.74 Å². The Morgan fingerprint density at radius 2 is 2.17 bits per heavy atom. The predicted molar refractivity (Wildman–Crippen MR) is 71.2 cm³/mol. The summed E-state index contributed by atoms with van der Waals surface area (Å²) < 4.78 is 19.9. The first-order valence-electron chi connectivity index (χ1n) is 5.41. The smallest absolute Gasteiger partial charge is 0.166 e. The van der Waals surface area contributed by atoms with E-state index in [-0.39, 0.29) is 5.75 Å². The average molecular weight is 311 g/mol. The number of aromatic nitrogens is 1. The van der Waals surface area contributed by atoms with Crippen LogP contribution in [0.1, 0.15) is 5.56 Å². The number of ether oxygens (including phenoxy) is 1. The van der Waals surface area contributed by atoms with Gasteiger partial charge in [0.15, 0.2) is 11.6 Å². The Morgan fingerprint density at radius 3 is 2.89 bits per heavy atom. The van der Waals surface area contributed by atoms with E-state index in [1.54, 1.807) is 30.6 Å². The Bertz CT molecular complexity index is 548. The Labute approximate surface area is 113 Å². The topological polar surface area (TPSA) is 34.2 Å². The van der Waals surface area contributed by atoms with E-state index < -0.39 is 5.82 Å². The van der Waals surface area contributed by atoms with Gasteiger partial charge in [-0.1, -0.05) is 15.9 Å². The van der Waals surface area contributed by atoms with Crippen LogP contribution in [-0.4, -0.2) is 12.0 Å². The molecule has 2 rings (SSSR count). The van der Waals surface area contributed by atoms with Crippen molar-refractivity contribution < 1.29 is 9.13 Å². The molecule has 18 heavy (non-hydrogen) atoms. The molecule has 0 atom stereocenters. The largest absolute Gasteiger partial charge is 0.454 e. The fourth-order valence-corrected chi connectivity index (χ4v) is 1.85. The van der Waals surface area contributed by atoms with Gasteiger partial charge in [0.1, 0.15) is 5.75 Å². The molecule has 1 aromatic heterocycles. The van der Waals surface area contributed by atoms with Crippen LogP contribution in [0, 0.1) is 5.82 Å². The summed E-state index contributed by atoms with van der Waals surface area (Å²) >= 11 is 3.21. The summed E-state index contributed by atoms with van der Waals surface area (Å²) in [5, 5.41) is 3.01. The van der Waals surface area contributed by atoms with Crippen molar-refractivity contribution in [3.63, 3.8) is 0 Å². The summed E-state index contributed by atoms with van der Waals surface area (Å²) in [5.41, 5.74) is 0.877. The summed E-state index contributed by atoms with van der Waals surface area (Å²) in [6.45, 7) is 0.612. The molecule has 3 nitrogen and oxygen atoms in total. The number of hydrogen-bond acceptors (Lipinski definition) is 3. The van der Waals surface area contributed by atoms with Crippen molar-refractivity contribution in [2.45, 2.75) is 6.54 Å². The molecule has 0 saturated heterocycles. The maximum Gasteiger partial charge on any atom is 0.166 e. The normalized spacial score (nSPS) is 10.4. The van der Waals surface area contributed by atoms with E-state index in [1.807, 2.05) is 7.05 Å². The fraction of sp³-hybridized carbons (Fsp3) is 0.154. The van der Waals surface area contributed by atoms with Crippen LogP contribution < -0.4 is 10.1 Å². The van der Waals surface area contributed by atoms with Crippen LogP contribution in [0.3, 0.4) is 0 Å². The Balaban J connectivity index is 2.28. The van der Waals surface area contributed by atoms with E-state index in [9.17, 15) is 4.39 Å². The van der Waals surface area contributed by atoms with Crippen molar-refractivity contribution in [2.75, 3.05) is 7.05 Å². The van der Waals surface area contributed by atoms with Crippen molar-refractivity contribution >= 4 is 15.9 Å². The lowest BCUT2D eigenvalue weighted by Crippen LogP contribution is -2.06. The number of benzene rings is 1. The number of rotatable bonds is 4. The van der Waals surface area contributed by atoms with Gasteiger partial charge in [-0.15, -0.1) is 0 Å². The lowest BCUT2D eigenvalue weighted by Gasteiger charge is -2.11. The van der Waals surface area contributed by atoms with Gasteiger partial charge < -0.3 is 10.1 Å². The van der Waals surface area contributed by atoms with Crippen LogP contribution in [-0.2, 0) is 6.54 Å². The van der Waals surface area contributed by atoms with E-state index in [1.165, 1.54) is 6.07 Å². The maximum atomic E-state index is 13.7. The Hall–Kier alpha value is -1.46. The SMILES string of the molecule is CNCc1cnccc1Oc1ccc(Br)cc1F. The maximum absolute atomic E-state index is 13.7. The highest BCUT2D eigenvalue weighted by Crippen LogP contribution is 2.28. The van der Waals surface area contributed by atoms with Crippen molar-refractivity contribution in [2.24, 2.45) is 0 Å². The van der Waals surface area contributed by atoms with E-state index in [2.05, 4.69) is 26.2 Å². The molecule has 0 aliphatic carbocycles. The molecular formula is C13H12BrFN2O. The summed E-state index contributed by atoms with van der Waals surface area (Å²) in [7, 11) is 1.83. The molecule has 0 amide bonds. The molecule has 0 bridgehead atoms. The fourth-order valence-electron chi connectivity index (χ4n) is 1.51. The Morgan fingerprint density at radius 1 is 1.33 bits per heavy atom. The van der Waals surface area contributed by atoms with E-state index in [0.29, 0.717) is 16.8 Å². The molecule has 0 unspecified atom stereocenters. The van der Waals surface area contributed by atoms with Gasteiger partial charge in [-0.2, -0.15) is 0 Å². The minimum absolute atomic E-state index is 0.196. The predicted octanol–water partition coefficient (Wildman–Crippen LogP) is 3.49. The second kappa shape index (κ2) is 5.93. The summed E-state index contributed by atoms with van der Waals surface area (Å²) in [6.07, 6.45) is 3.31. The first-order chi connectivity index (χ1) is 8.70. The van der Waals surface area contributed by atoms with Crippen LogP contribution in [0.4, 0.5) is 4.39 Å². The van der Waals surface area contributed by atoms with Crippen LogP contribution in [0.15, 0.2) is 41.1 Å². The van der Waals surface area contributed by atoms with Crippen molar-refractivity contribution in [3.8, 4) is 11.5 Å². The Kier molecular flexibility index (Phi) is 4.28. The third-order valence-electron chi connectivity index (χ3n) is 2.34. The molecule has 94 valence electrons.